The van der Waals surface area contributed by atoms with Crippen molar-refractivity contribution >= 4 is 25.7 Å². The molecule has 1 fully saturated rings. The van der Waals surface area contributed by atoms with Gasteiger partial charge in [0.25, 0.3) is 0 Å². The van der Waals surface area contributed by atoms with Crippen LogP contribution >= 0.6 is 0 Å². The number of nitrogens with zero attached hydrogens (tertiary/aromatic N) is 1. The SMILES string of the molecule is COc1ccc(S(=O)(=O)N2CCCC2)cc1NS(=O)(=O)Cc1cccc(C)c1. The summed E-state index contributed by atoms with van der Waals surface area (Å²) < 4.78 is 60.0. The highest BCUT2D eigenvalue weighted by atomic mass is 32.2. The van der Waals surface area contributed by atoms with E-state index in [9.17, 15) is 16.8 Å². The van der Waals surface area contributed by atoms with Crippen molar-refractivity contribution in [3.8, 4) is 5.75 Å². The quantitative estimate of drug-likeness (QED) is 0.738. The number of hydrogen-bond acceptors (Lipinski definition) is 5. The van der Waals surface area contributed by atoms with E-state index in [0.29, 0.717) is 18.7 Å². The minimum Gasteiger partial charge on any atom is -0.495 e. The Hall–Kier alpha value is -2.10. The van der Waals surface area contributed by atoms with Gasteiger partial charge in [0.1, 0.15) is 5.75 Å². The van der Waals surface area contributed by atoms with Crippen LogP contribution in [0.5, 0.6) is 5.75 Å². The van der Waals surface area contributed by atoms with Gasteiger partial charge in [-0.15, -0.1) is 0 Å². The Morgan fingerprint density at radius 2 is 1.75 bits per heavy atom. The maximum Gasteiger partial charge on any atom is 0.243 e. The van der Waals surface area contributed by atoms with Gasteiger partial charge in [0, 0.05) is 13.1 Å². The molecular formula is C19H24N2O5S2. The summed E-state index contributed by atoms with van der Waals surface area (Å²) >= 11 is 0. The van der Waals surface area contributed by atoms with Crippen LogP contribution in [0.3, 0.4) is 0 Å². The molecule has 0 bridgehead atoms. The van der Waals surface area contributed by atoms with Gasteiger partial charge in [0.2, 0.25) is 20.0 Å². The normalized spacial score (nSPS) is 15.5. The van der Waals surface area contributed by atoms with Crippen molar-refractivity contribution in [3.05, 3.63) is 53.6 Å². The summed E-state index contributed by atoms with van der Waals surface area (Å²) in [6.45, 7) is 2.84. The zero-order valence-corrected chi connectivity index (χ0v) is 17.5. The lowest BCUT2D eigenvalue weighted by Crippen LogP contribution is -2.28. The van der Waals surface area contributed by atoms with Gasteiger partial charge in [0.05, 0.1) is 23.4 Å². The molecule has 1 heterocycles. The Bertz CT molecular complexity index is 1060. The third kappa shape index (κ3) is 4.65. The molecular weight excluding hydrogens is 400 g/mol. The second-order valence-corrected chi connectivity index (χ2v) is 10.5. The number of ether oxygens (including phenoxy) is 1. The summed E-state index contributed by atoms with van der Waals surface area (Å²) in [4.78, 5) is 0.0449. The summed E-state index contributed by atoms with van der Waals surface area (Å²) in [5, 5.41) is 0. The minimum atomic E-state index is -3.76. The van der Waals surface area contributed by atoms with Crippen LogP contribution in [-0.4, -0.2) is 41.3 Å². The zero-order chi connectivity index (χ0) is 20.4. The van der Waals surface area contributed by atoms with E-state index in [1.807, 2.05) is 13.0 Å². The summed E-state index contributed by atoms with van der Waals surface area (Å²) in [5.41, 5.74) is 1.71. The average molecular weight is 425 g/mol. The highest BCUT2D eigenvalue weighted by molar-refractivity contribution is 7.92. The third-order valence-electron chi connectivity index (χ3n) is 4.58. The summed E-state index contributed by atoms with van der Waals surface area (Å²) in [6, 6.07) is 11.4. The molecule has 1 saturated heterocycles. The van der Waals surface area contributed by atoms with Gasteiger partial charge in [-0.2, -0.15) is 4.31 Å². The number of anilines is 1. The van der Waals surface area contributed by atoms with Crippen molar-refractivity contribution in [1.82, 2.24) is 4.31 Å². The molecule has 3 rings (SSSR count). The van der Waals surface area contributed by atoms with E-state index < -0.39 is 20.0 Å². The van der Waals surface area contributed by atoms with E-state index in [4.69, 9.17) is 4.74 Å². The smallest absolute Gasteiger partial charge is 0.243 e. The Kier molecular flexibility index (Phi) is 5.97. The molecule has 2 aromatic carbocycles. The fourth-order valence-electron chi connectivity index (χ4n) is 3.23. The number of sulfonamides is 2. The molecule has 28 heavy (non-hydrogen) atoms. The second-order valence-electron chi connectivity index (χ2n) is 6.82. The van der Waals surface area contributed by atoms with Gasteiger partial charge >= 0.3 is 0 Å². The summed E-state index contributed by atoms with van der Waals surface area (Å²) in [6.07, 6.45) is 1.65. The van der Waals surface area contributed by atoms with E-state index in [1.165, 1.54) is 29.6 Å². The highest BCUT2D eigenvalue weighted by Crippen LogP contribution is 2.31. The Balaban J connectivity index is 1.90. The first kappa shape index (κ1) is 20.6. The minimum absolute atomic E-state index is 0.0449. The van der Waals surface area contributed by atoms with Crippen molar-refractivity contribution in [3.63, 3.8) is 0 Å². The van der Waals surface area contributed by atoms with Crippen molar-refractivity contribution in [2.45, 2.75) is 30.4 Å². The molecule has 9 heteroatoms. The van der Waals surface area contributed by atoms with Gasteiger partial charge < -0.3 is 4.74 Å². The first-order chi connectivity index (χ1) is 13.2. The highest BCUT2D eigenvalue weighted by Gasteiger charge is 2.28. The second kappa shape index (κ2) is 8.10. The zero-order valence-electron chi connectivity index (χ0n) is 15.9. The lowest BCUT2D eigenvalue weighted by atomic mass is 10.2. The topological polar surface area (TPSA) is 92.8 Å². The number of rotatable bonds is 7. The Morgan fingerprint density at radius 1 is 1.04 bits per heavy atom. The molecule has 1 aliphatic heterocycles. The van der Waals surface area contributed by atoms with Gasteiger partial charge in [-0.25, -0.2) is 16.8 Å². The average Bonchev–Trinajstić information content (AvgIpc) is 3.16. The van der Waals surface area contributed by atoms with E-state index in [2.05, 4.69) is 4.72 Å². The molecule has 0 atom stereocenters. The van der Waals surface area contributed by atoms with Crippen molar-refractivity contribution in [2.24, 2.45) is 0 Å². The standard InChI is InChI=1S/C19H24N2O5S2/c1-15-6-5-7-16(12-15)14-27(22,23)20-18-13-17(8-9-19(18)26-2)28(24,25)21-10-3-4-11-21/h5-9,12-13,20H,3-4,10-11,14H2,1-2H3. The lowest BCUT2D eigenvalue weighted by Gasteiger charge is -2.18. The van der Waals surface area contributed by atoms with Crippen molar-refractivity contribution < 1.29 is 21.6 Å². The largest absolute Gasteiger partial charge is 0.495 e. The third-order valence-corrected chi connectivity index (χ3v) is 7.72. The van der Waals surface area contributed by atoms with Crippen LogP contribution in [0.15, 0.2) is 47.4 Å². The van der Waals surface area contributed by atoms with Crippen molar-refractivity contribution in [1.29, 1.82) is 0 Å². The number of aryl methyl sites for hydroxylation is 1. The first-order valence-electron chi connectivity index (χ1n) is 8.95. The number of benzene rings is 2. The van der Waals surface area contributed by atoms with Gasteiger partial charge in [-0.05, 0) is 43.5 Å². The molecule has 1 aliphatic rings. The Labute approximate surface area is 166 Å². The van der Waals surface area contributed by atoms with Gasteiger partial charge in [-0.3, -0.25) is 4.72 Å². The van der Waals surface area contributed by atoms with Crippen LogP contribution in [0, 0.1) is 6.92 Å². The lowest BCUT2D eigenvalue weighted by molar-refractivity contribution is 0.416. The first-order valence-corrected chi connectivity index (χ1v) is 12.0. The Morgan fingerprint density at radius 3 is 2.39 bits per heavy atom. The molecule has 7 nitrogen and oxygen atoms in total. The summed E-state index contributed by atoms with van der Waals surface area (Å²) in [7, 11) is -6.01. The van der Waals surface area contributed by atoms with E-state index >= 15 is 0 Å². The van der Waals surface area contributed by atoms with E-state index in [-0.39, 0.29) is 22.1 Å². The number of nitrogens with one attached hydrogen (secondary N) is 1. The van der Waals surface area contributed by atoms with Crippen LogP contribution in [0.2, 0.25) is 0 Å². The molecule has 0 radical (unpaired) electrons. The predicted molar refractivity (Wildman–Crippen MR) is 108 cm³/mol. The van der Waals surface area contributed by atoms with Crippen LogP contribution in [-0.2, 0) is 25.8 Å². The fraction of sp³-hybridized carbons (Fsp3) is 0.368. The van der Waals surface area contributed by atoms with Crippen LogP contribution in [0.1, 0.15) is 24.0 Å². The fourth-order valence-corrected chi connectivity index (χ4v) is 5.96. The van der Waals surface area contributed by atoms with Gasteiger partial charge in [0.15, 0.2) is 0 Å². The van der Waals surface area contributed by atoms with Crippen molar-refractivity contribution in [2.75, 3.05) is 24.9 Å². The maximum absolute atomic E-state index is 12.8. The number of hydrogen-bond donors (Lipinski definition) is 1. The monoisotopic (exact) mass is 424 g/mol. The van der Waals surface area contributed by atoms with Crippen LogP contribution < -0.4 is 9.46 Å². The van der Waals surface area contributed by atoms with E-state index in [0.717, 1.165) is 18.4 Å². The maximum atomic E-state index is 12.8. The molecule has 1 N–H and O–H groups in total. The molecule has 0 aliphatic carbocycles. The van der Waals surface area contributed by atoms with Crippen LogP contribution in [0.25, 0.3) is 0 Å². The predicted octanol–water partition coefficient (Wildman–Crippen LogP) is 2.73. The number of methoxy groups -OCH3 is 1. The molecule has 2 aromatic rings. The molecule has 0 spiro atoms. The van der Waals surface area contributed by atoms with E-state index in [1.54, 1.807) is 18.2 Å². The molecule has 0 amide bonds. The molecule has 0 aromatic heterocycles. The van der Waals surface area contributed by atoms with Gasteiger partial charge in [-0.1, -0.05) is 29.8 Å². The molecule has 0 saturated carbocycles. The molecule has 152 valence electrons. The van der Waals surface area contributed by atoms with Crippen LogP contribution in [0.4, 0.5) is 5.69 Å². The molecule has 0 unspecified atom stereocenters. The summed E-state index contributed by atoms with van der Waals surface area (Å²) in [5.74, 6) is 0.0363.